The second-order valence-corrected chi connectivity index (χ2v) is 11.8. The van der Waals surface area contributed by atoms with Crippen LogP contribution in [0.3, 0.4) is 0 Å². The number of aryl methyl sites for hydroxylation is 3. The highest BCUT2D eigenvalue weighted by atomic mass is 32.2. The highest BCUT2D eigenvalue weighted by molar-refractivity contribution is 7.89. The summed E-state index contributed by atoms with van der Waals surface area (Å²) in [5, 5.41) is 8.34. The average molecular weight is 486 g/mol. The molecule has 0 radical (unpaired) electrons. The van der Waals surface area contributed by atoms with Crippen LogP contribution in [0.1, 0.15) is 68.3 Å². The van der Waals surface area contributed by atoms with E-state index in [4.69, 9.17) is 0 Å². The molecule has 9 heteroatoms. The minimum absolute atomic E-state index is 0.0918. The molecule has 8 nitrogen and oxygen atoms in total. The summed E-state index contributed by atoms with van der Waals surface area (Å²) in [6, 6.07) is 5.63. The number of carbonyl (C=O) groups is 1. The van der Waals surface area contributed by atoms with Gasteiger partial charge in [-0.25, -0.2) is 8.42 Å². The van der Waals surface area contributed by atoms with Crippen LogP contribution < -0.4 is 0 Å². The summed E-state index contributed by atoms with van der Waals surface area (Å²) in [5.74, 6) is 1.46. The molecule has 0 atom stereocenters. The van der Waals surface area contributed by atoms with Crippen LogP contribution in [0, 0.1) is 5.92 Å². The number of fused-ring (bicyclic) bond motifs is 1. The van der Waals surface area contributed by atoms with Gasteiger partial charge in [-0.2, -0.15) is 4.31 Å². The van der Waals surface area contributed by atoms with Crippen molar-refractivity contribution in [2.75, 3.05) is 26.2 Å². The van der Waals surface area contributed by atoms with Crippen LogP contribution in [0.25, 0.3) is 0 Å². The van der Waals surface area contributed by atoms with Gasteiger partial charge in [0.1, 0.15) is 12.2 Å². The van der Waals surface area contributed by atoms with E-state index < -0.39 is 10.0 Å². The Bertz CT molecular complexity index is 1130. The van der Waals surface area contributed by atoms with Crippen molar-refractivity contribution in [2.45, 2.75) is 75.6 Å². The fourth-order valence-corrected chi connectivity index (χ4v) is 7.32. The van der Waals surface area contributed by atoms with E-state index in [9.17, 15) is 13.2 Å². The van der Waals surface area contributed by atoms with E-state index in [0.29, 0.717) is 36.7 Å². The summed E-state index contributed by atoms with van der Waals surface area (Å²) in [6.07, 6.45) is 9.06. The first-order chi connectivity index (χ1) is 16.5. The van der Waals surface area contributed by atoms with Crippen LogP contribution in [0.2, 0.25) is 0 Å². The quantitative estimate of drug-likeness (QED) is 0.650. The molecule has 0 N–H and O–H groups in total. The van der Waals surface area contributed by atoms with Crippen molar-refractivity contribution in [3.05, 3.63) is 41.5 Å². The normalized spacial score (nSPS) is 20.9. The molecule has 34 heavy (non-hydrogen) atoms. The van der Waals surface area contributed by atoms with Crippen molar-refractivity contribution < 1.29 is 13.2 Å². The number of nitrogens with zero attached hydrogens (tertiary/aromatic N) is 5. The first-order valence-electron chi connectivity index (χ1n) is 12.8. The van der Waals surface area contributed by atoms with Gasteiger partial charge in [0, 0.05) is 44.6 Å². The zero-order valence-corrected chi connectivity index (χ0v) is 20.8. The Morgan fingerprint density at radius 2 is 1.71 bits per heavy atom. The molecule has 0 spiro atoms. The van der Waals surface area contributed by atoms with Gasteiger partial charge in [-0.15, -0.1) is 10.2 Å². The van der Waals surface area contributed by atoms with Gasteiger partial charge in [-0.3, -0.25) is 4.79 Å². The molecule has 2 saturated heterocycles. The minimum atomic E-state index is -3.52. The van der Waals surface area contributed by atoms with Crippen molar-refractivity contribution in [1.29, 1.82) is 0 Å². The monoisotopic (exact) mass is 485 g/mol. The number of carbonyl (C=O) groups excluding carboxylic acids is 1. The molecule has 0 saturated carbocycles. The minimum Gasteiger partial charge on any atom is -0.342 e. The van der Waals surface area contributed by atoms with E-state index in [2.05, 4.69) is 21.7 Å². The lowest BCUT2D eigenvalue weighted by atomic mass is 9.92. The zero-order chi connectivity index (χ0) is 23.7. The van der Waals surface area contributed by atoms with Crippen molar-refractivity contribution in [3.63, 3.8) is 0 Å². The van der Waals surface area contributed by atoms with Crippen LogP contribution in [0.5, 0.6) is 0 Å². The zero-order valence-electron chi connectivity index (χ0n) is 20.0. The van der Waals surface area contributed by atoms with Crippen molar-refractivity contribution in [2.24, 2.45) is 5.92 Å². The second kappa shape index (κ2) is 9.77. The molecule has 1 aliphatic carbocycles. The number of rotatable bonds is 5. The van der Waals surface area contributed by atoms with E-state index in [1.807, 2.05) is 17.0 Å². The summed E-state index contributed by atoms with van der Waals surface area (Å²) in [6.45, 7) is 5.22. The van der Waals surface area contributed by atoms with Gasteiger partial charge in [0.2, 0.25) is 15.9 Å². The van der Waals surface area contributed by atoms with Crippen molar-refractivity contribution >= 4 is 15.9 Å². The molecule has 0 bridgehead atoms. The van der Waals surface area contributed by atoms with Gasteiger partial charge < -0.3 is 9.47 Å². The Balaban J connectivity index is 1.16. The lowest BCUT2D eigenvalue weighted by Crippen LogP contribution is -2.46. The van der Waals surface area contributed by atoms with Crippen LogP contribution in [-0.4, -0.2) is 64.5 Å². The van der Waals surface area contributed by atoms with E-state index in [1.54, 1.807) is 16.7 Å². The SMILES string of the molecule is CCn1cnnc1C1CCN(C(=O)C2CCN(S(=O)(=O)c3ccc4c(c3)CCCC4)CC2)CC1. The maximum absolute atomic E-state index is 13.3. The van der Waals surface area contributed by atoms with Crippen LogP contribution >= 0.6 is 0 Å². The molecule has 2 aromatic rings. The van der Waals surface area contributed by atoms with Crippen LogP contribution in [0.15, 0.2) is 29.4 Å². The molecule has 3 heterocycles. The summed E-state index contributed by atoms with van der Waals surface area (Å²) < 4.78 is 30.2. The van der Waals surface area contributed by atoms with E-state index in [1.165, 1.54) is 17.5 Å². The van der Waals surface area contributed by atoms with E-state index >= 15 is 0 Å². The predicted molar refractivity (Wildman–Crippen MR) is 129 cm³/mol. The maximum Gasteiger partial charge on any atom is 0.243 e. The van der Waals surface area contributed by atoms with Crippen LogP contribution in [0.4, 0.5) is 0 Å². The molecule has 1 aromatic carbocycles. The van der Waals surface area contributed by atoms with Gasteiger partial charge in [0.25, 0.3) is 0 Å². The third kappa shape index (κ3) is 4.52. The second-order valence-electron chi connectivity index (χ2n) is 9.89. The Hall–Kier alpha value is -2.26. The number of likely N-dealkylation sites (tertiary alicyclic amines) is 1. The smallest absolute Gasteiger partial charge is 0.243 e. The average Bonchev–Trinajstić information content (AvgIpc) is 3.37. The molecule has 3 aliphatic rings. The predicted octanol–water partition coefficient (Wildman–Crippen LogP) is 2.98. The van der Waals surface area contributed by atoms with Gasteiger partial charge in [-0.1, -0.05) is 6.07 Å². The Morgan fingerprint density at radius 1 is 1.00 bits per heavy atom. The number of piperidine rings is 2. The molecule has 5 rings (SSSR count). The molecule has 1 amide bonds. The highest BCUT2D eigenvalue weighted by Crippen LogP contribution is 2.31. The summed E-state index contributed by atoms with van der Waals surface area (Å²) >= 11 is 0. The summed E-state index contributed by atoms with van der Waals surface area (Å²) in [7, 11) is -3.52. The molecule has 2 aliphatic heterocycles. The highest BCUT2D eigenvalue weighted by Gasteiger charge is 2.35. The lowest BCUT2D eigenvalue weighted by Gasteiger charge is -2.36. The van der Waals surface area contributed by atoms with E-state index in [0.717, 1.165) is 57.6 Å². The fraction of sp³-hybridized carbons (Fsp3) is 0.640. The number of aromatic nitrogens is 3. The van der Waals surface area contributed by atoms with Gasteiger partial charge in [0.15, 0.2) is 0 Å². The number of sulfonamides is 1. The van der Waals surface area contributed by atoms with Crippen LogP contribution in [-0.2, 0) is 34.2 Å². The third-order valence-electron chi connectivity index (χ3n) is 7.92. The summed E-state index contributed by atoms with van der Waals surface area (Å²) in [4.78, 5) is 15.6. The summed E-state index contributed by atoms with van der Waals surface area (Å²) in [5.41, 5.74) is 2.46. The van der Waals surface area contributed by atoms with Gasteiger partial charge >= 0.3 is 0 Å². The van der Waals surface area contributed by atoms with E-state index in [-0.39, 0.29) is 11.8 Å². The number of hydrogen-bond donors (Lipinski definition) is 0. The van der Waals surface area contributed by atoms with Crippen molar-refractivity contribution in [1.82, 2.24) is 24.0 Å². The first kappa shape index (κ1) is 23.5. The van der Waals surface area contributed by atoms with Gasteiger partial charge in [0.05, 0.1) is 4.90 Å². The maximum atomic E-state index is 13.3. The lowest BCUT2D eigenvalue weighted by molar-refractivity contribution is -0.137. The number of amides is 1. The molecule has 1 aromatic heterocycles. The van der Waals surface area contributed by atoms with Crippen molar-refractivity contribution in [3.8, 4) is 0 Å². The Kier molecular flexibility index (Phi) is 6.75. The standard InChI is InChI=1S/C25H35N5O3S/c1-2-28-18-26-27-24(28)20-9-13-29(14-10-20)25(31)21-11-15-30(16-12-21)34(32,33)23-8-7-19-5-3-4-6-22(19)17-23/h7-8,17-18,20-21H,2-6,9-16H2,1H3. The molecule has 184 valence electrons. The molecule has 0 unspecified atom stereocenters. The number of benzene rings is 1. The largest absolute Gasteiger partial charge is 0.342 e. The topological polar surface area (TPSA) is 88.4 Å². The fourth-order valence-electron chi connectivity index (χ4n) is 5.80. The third-order valence-corrected chi connectivity index (χ3v) is 9.81. The Morgan fingerprint density at radius 3 is 2.41 bits per heavy atom. The molecular formula is C25H35N5O3S. The molecule has 2 fully saturated rings. The first-order valence-corrected chi connectivity index (χ1v) is 14.2. The Labute approximate surface area is 202 Å². The number of hydrogen-bond acceptors (Lipinski definition) is 5. The molecular weight excluding hydrogens is 450 g/mol. The van der Waals surface area contributed by atoms with Gasteiger partial charge in [-0.05, 0) is 81.5 Å².